The number of nitrogens with zero attached hydrogens (tertiary/aromatic N) is 2. The molecule has 7 heteroatoms. The second kappa shape index (κ2) is 8.44. The van der Waals surface area contributed by atoms with Crippen LogP contribution in [0, 0.1) is 0 Å². The van der Waals surface area contributed by atoms with E-state index in [1.165, 1.54) is 4.90 Å². The minimum absolute atomic E-state index is 0.0136. The summed E-state index contributed by atoms with van der Waals surface area (Å²) in [6, 6.07) is 7.15. The summed E-state index contributed by atoms with van der Waals surface area (Å²) < 4.78 is 0. The van der Waals surface area contributed by atoms with Crippen molar-refractivity contribution in [2.24, 2.45) is 0 Å². The van der Waals surface area contributed by atoms with Crippen molar-refractivity contribution in [3.05, 3.63) is 24.3 Å². The second-order valence-corrected chi connectivity index (χ2v) is 6.05. The molecule has 0 fully saturated rings. The van der Waals surface area contributed by atoms with Crippen LogP contribution in [0.5, 0.6) is 0 Å². The predicted molar refractivity (Wildman–Crippen MR) is 92.8 cm³/mol. The van der Waals surface area contributed by atoms with E-state index < -0.39 is 0 Å². The van der Waals surface area contributed by atoms with Gasteiger partial charge in [-0.25, -0.2) is 0 Å². The first-order chi connectivity index (χ1) is 11.5. The van der Waals surface area contributed by atoms with Crippen LogP contribution >= 0.6 is 0 Å². The van der Waals surface area contributed by atoms with E-state index in [9.17, 15) is 14.4 Å². The van der Waals surface area contributed by atoms with Gasteiger partial charge in [-0.3, -0.25) is 14.4 Å². The summed E-state index contributed by atoms with van der Waals surface area (Å²) in [5.74, 6) is -0.590. The van der Waals surface area contributed by atoms with Gasteiger partial charge in [0, 0.05) is 19.4 Å². The van der Waals surface area contributed by atoms with Crippen LogP contribution in [0.1, 0.15) is 19.3 Å². The number of hydrogen-bond donors (Lipinski definition) is 2. The third-order valence-corrected chi connectivity index (χ3v) is 3.74. The third kappa shape index (κ3) is 5.06. The average molecular weight is 332 g/mol. The van der Waals surface area contributed by atoms with Gasteiger partial charge in [-0.1, -0.05) is 12.1 Å². The molecule has 0 spiro atoms. The summed E-state index contributed by atoms with van der Waals surface area (Å²) in [5.41, 5.74) is 1.30. The lowest BCUT2D eigenvalue weighted by Gasteiger charge is -2.29. The fraction of sp³-hybridized carbons (Fsp3) is 0.471. The minimum atomic E-state index is -0.227. The van der Waals surface area contributed by atoms with Crippen molar-refractivity contribution in [3.8, 4) is 0 Å². The number of fused-ring (bicyclic) bond motifs is 1. The van der Waals surface area contributed by atoms with Gasteiger partial charge in [0.1, 0.15) is 6.54 Å². The Hall–Kier alpha value is -2.41. The number of para-hydroxylation sites is 2. The Morgan fingerprint density at radius 3 is 2.75 bits per heavy atom. The first-order valence-corrected chi connectivity index (χ1v) is 8.08. The van der Waals surface area contributed by atoms with E-state index in [1.54, 1.807) is 18.2 Å². The largest absolute Gasteiger partial charge is 0.356 e. The van der Waals surface area contributed by atoms with Crippen molar-refractivity contribution in [1.82, 2.24) is 10.2 Å². The number of carbonyl (C=O) groups excluding carboxylic acids is 3. The molecule has 1 heterocycles. The van der Waals surface area contributed by atoms with Crippen LogP contribution in [-0.2, 0) is 14.4 Å². The molecular weight excluding hydrogens is 308 g/mol. The monoisotopic (exact) mass is 332 g/mol. The Bertz CT molecular complexity index is 616. The molecule has 7 nitrogen and oxygen atoms in total. The highest BCUT2D eigenvalue weighted by atomic mass is 16.2. The Morgan fingerprint density at radius 2 is 2.00 bits per heavy atom. The van der Waals surface area contributed by atoms with Crippen LogP contribution in [0.25, 0.3) is 0 Å². The zero-order valence-electron chi connectivity index (χ0n) is 14.2. The molecule has 1 aromatic carbocycles. The third-order valence-electron chi connectivity index (χ3n) is 3.74. The van der Waals surface area contributed by atoms with E-state index in [0.29, 0.717) is 17.9 Å². The lowest BCUT2D eigenvalue weighted by molar-refractivity contribution is -0.125. The molecule has 0 radical (unpaired) electrons. The number of carbonyl (C=O) groups is 3. The number of nitrogens with one attached hydrogen (secondary N) is 2. The fourth-order valence-corrected chi connectivity index (χ4v) is 2.52. The van der Waals surface area contributed by atoms with Gasteiger partial charge in [0.2, 0.25) is 17.7 Å². The smallest absolute Gasteiger partial charge is 0.244 e. The molecule has 0 saturated carbocycles. The summed E-state index contributed by atoms with van der Waals surface area (Å²) in [5, 5.41) is 5.55. The molecule has 0 saturated heterocycles. The summed E-state index contributed by atoms with van der Waals surface area (Å²) in [4.78, 5) is 39.4. The van der Waals surface area contributed by atoms with Crippen LogP contribution < -0.4 is 15.5 Å². The van der Waals surface area contributed by atoms with E-state index in [1.807, 2.05) is 20.2 Å². The standard InChI is InChI=1S/C17H24N4O3/c1-20(2)11-5-10-18-15(22)8-9-17(24)21-12-16(23)19-13-6-3-4-7-14(13)21/h3-4,6-7H,5,8-12H2,1-2H3,(H,18,22)(H,19,23). The number of hydrogen-bond acceptors (Lipinski definition) is 4. The lowest BCUT2D eigenvalue weighted by Crippen LogP contribution is -2.42. The fourth-order valence-electron chi connectivity index (χ4n) is 2.52. The molecule has 1 aliphatic heterocycles. The van der Waals surface area contributed by atoms with E-state index in [-0.39, 0.29) is 37.1 Å². The van der Waals surface area contributed by atoms with Crippen LogP contribution in [0.15, 0.2) is 24.3 Å². The number of amides is 3. The highest BCUT2D eigenvalue weighted by Gasteiger charge is 2.26. The maximum atomic E-state index is 12.4. The highest BCUT2D eigenvalue weighted by Crippen LogP contribution is 2.29. The van der Waals surface area contributed by atoms with Crippen molar-refractivity contribution in [3.63, 3.8) is 0 Å². The molecule has 0 aliphatic carbocycles. The minimum Gasteiger partial charge on any atom is -0.356 e. The molecule has 24 heavy (non-hydrogen) atoms. The Kier molecular flexibility index (Phi) is 6.31. The summed E-state index contributed by atoms with van der Waals surface area (Å²) in [6.07, 6.45) is 1.08. The Balaban J connectivity index is 1.82. The van der Waals surface area contributed by atoms with Crippen LogP contribution in [0.3, 0.4) is 0 Å². The maximum absolute atomic E-state index is 12.4. The molecule has 1 aromatic rings. The van der Waals surface area contributed by atoms with E-state index in [0.717, 1.165) is 13.0 Å². The van der Waals surface area contributed by atoms with Crippen molar-refractivity contribution in [1.29, 1.82) is 0 Å². The van der Waals surface area contributed by atoms with Gasteiger partial charge in [0.05, 0.1) is 11.4 Å². The van der Waals surface area contributed by atoms with E-state index in [2.05, 4.69) is 15.5 Å². The number of rotatable bonds is 7. The van der Waals surface area contributed by atoms with Gasteiger partial charge in [-0.05, 0) is 39.2 Å². The Labute approximate surface area is 142 Å². The van der Waals surface area contributed by atoms with Crippen molar-refractivity contribution >= 4 is 29.1 Å². The van der Waals surface area contributed by atoms with Crippen LogP contribution in [0.4, 0.5) is 11.4 Å². The number of anilines is 2. The van der Waals surface area contributed by atoms with Crippen molar-refractivity contribution in [2.45, 2.75) is 19.3 Å². The molecule has 0 aromatic heterocycles. The molecule has 2 N–H and O–H groups in total. The Morgan fingerprint density at radius 1 is 1.25 bits per heavy atom. The topological polar surface area (TPSA) is 81.8 Å². The van der Waals surface area contributed by atoms with Gasteiger partial charge in [-0.2, -0.15) is 0 Å². The molecule has 2 rings (SSSR count). The quantitative estimate of drug-likeness (QED) is 0.724. The number of benzene rings is 1. The lowest BCUT2D eigenvalue weighted by atomic mass is 10.1. The molecule has 0 atom stereocenters. The van der Waals surface area contributed by atoms with Gasteiger partial charge in [0.25, 0.3) is 0 Å². The zero-order chi connectivity index (χ0) is 17.5. The predicted octanol–water partition coefficient (Wildman–Crippen LogP) is 0.820. The molecule has 0 unspecified atom stereocenters. The molecule has 0 bridgehead atoms. The highest BCUT2D eigenvalue weighted by molar-refractivity contribution is 6.10. The van der Waals surface area contributed by atoms with Crippen molar-refractivity contribution < 1.29 is 14.4 Å². The normalized spacial score (nSPS) is 13.5. The van der Waals surface area contributed by atoms with Crippen LogP contribution in [0.2, 0.25) is 0 Å². The maximum Gasteiger partial charge on any atom is 0.244 e. The molecule has 3 amide bonds. The summed E-state index contributed by atoms with van der Waals surface area (Å²) in [7, 11) is 3.96. The van der Waals surface area contributed by atoms with Crippen LogP contribution in [-0.4, -0.2) is 56.4 Å². The average Bonchev–Trinajstić information content (AvgIpc) is 2.55. The molecule has 130 valence electrons. The summed E-state index contributed by atoms with van der Waals surface area (Å²) in [6.45, 7) is 1.49. The van der Waals surface area contributed by atoms with Gasteiger partial charge in [0.15, 0.2) is 0 Å². The first-order valence-electron chi connectivity index (χ1n) is 8.08. The van der Waals surface area contributed by atoms with Gasteiger partial charge < -0.3 is 20.4 Å². The zero-order valence-corrected chi connectivity index (χ0v) is 14.2. The van der Waals surface area contributed by atoms with E-state index >= 15 is 0 Å². The SMILES string of the molecule is CN(C)CCCNC(=O)CCC(=O)N1CC(=O)Nc2ccccc21. The first kappa shape index (κ1) is 17.9. The molecular formula is C17H24N4O3. The van der Waals surface area contributed by atoms with Gasteiger partial charge in [-0.15, -0.1) is 0 Å². The van der Waals surface area contributed by atoms with Gasteiger partial charge >= 0.3 is 0 Å². The summed E-state index contributed by atoms with van der Waals surface area (Å²) >= 11 is 0. The van der Waals surface area contributed by atoms with Crippen molar-refractivity contribution in [2.75, 3.05) is 43.9 Å². The van der Waals surface area contributed by atoms with E-state index in [4.69, 9.17) is 0 Å². The molecule has 1 aliphatic rings. The second-order valence-electron chi connectivity index (χ2n) is 6.05.